The van der Waals surface area contributed by atoms with Gasteiger partial charge < -0.3 is 16.0 Å². The third kappa shape index (κ3) is 10.8. The summed E-state index contributed by atoms with van der Waals surface area (Å²) in [4.78, 5) is 4.66. The minimum Gasteiger partial charge on any atom is -0.357 e. The molecule has 0 bridgehead atoms. The maximum Gasteiger partial charge on any atom is 0.191 e. The van der Waals surface area contributed by atoms with Crippen molar-refractivity contribution in [1.82, 2.24) is 16.0 Å². The molecule has 0 radical (unpaired) electrons. The van der Waals surface area contributed by atoms with Crippen molar-refractivity contribution in [3.63, 3.8) is 0 Å². The van der Waals surface area contributed by atoms with E-state index in [0.717, 1.165) is 32.1 Å². The Hall–Kier alpha value is -0.770. The van der Waals surface area contributed by atoms with Crippen molar-refractivity contribution in [3.8, 4) is 0 Å². The Kier molecular flexibility index (Phi) is 9.66. The lowest BCUT2D eigenvalue weighted by Crippen LogP contribution is -2.44. The molecule has 0 saturated heterocycles. The molecule has 0 aromatic rings. The van der Waals surface area contributed by atoms with E-state index in [1.165, 1.54) is 12.8 Å². The van der Waals surface area contributed by atoms with E-state index >= 15 is 0 Å². The average Bonchev–Trinajstić information content (AvgIpc) is 2.34. The number of aliphatic imine (C=N–C) groups is 1. The summed E-state index contributed by atoms with van der Waals surface area (Å²) < 4.78 is 0. The summed E-state index contributed by atoms with van der Waals surface area (Å²) in [6.07, 6.45) is 2.40. The zero-order valence-corrected chi connectivity index (χ0v) is 13.8. The molecule has 3 N–H and O–H groups in total. The molecule has 0 unspecified atom stereocenters. The van der Waals surface area contributed by atoms with Crippen LogP contribution in [0.3, 0.4) is 0 Å². The van der Waals surface area contributed by atoms with E-state index in [1.54, 1.807) is 0 Å². The summed E-state index contributed by atoms with van der Waals surface area (Å²) in [6.45, 7) is 16.8. The molecule has 19 heavy (non-hydrogen) atoms. The Balaban J connectivity index is 4.07. The largest absolute Gasteiger partial charge is 0.357 e. The lowest BCUT2D eigenvalue weighted by molar-refractivity contribution is 0.428. The molecule has 4 heteroatoms. The van der Waals surface area contributed by atoms with Crippen LogP contribution in [0.5, 0.6) is 0 Å². The quantitative estimate of drug-likeness (QED) is 0.360. The fourth-order valence-corrected chi connectivity index (χ4v) is 1.73. The molecular weight excluding hydrogens is 236 g/mol. The molecule has 0 aliphatic rings. The third-order valence-corrected chi connectivity index (χ3v) is 3.08. The Morgan fingerprint density at radius 3 is 2.11 bits per heavy atom. The highest BCUT2D eigenvalue weighted by Crippen LogP contribution is 2.06. The molecule has 0 fully saturated rings. The molecule has 0 saturated carbocycles. The van der Waals surface area contributed by atoms with Gasteiger partial charge in [0, 0.05) is 31.7 Å². The fourth-order valence-electron chi connectivity index (χ4n) is 1.73. The summed E-state index contributed by atoms with van der Waals surface area (Å²) in [7, 11) is 0. The van der Waals surface area contributed by atoms with Gasteiger partial charge in [-0.2, -0.15) is 0 Å². The van der Waals surface area contributed by atoms with Gasteiger partial charge in [0.2, 0.25) is 0 Å². The molecule has 0 amide bonds. The van der Waals surface area contributed by atoms with Crippen molar-refractivity contribution < 1.29 is 0 Å². The van der Waals surface area contributed by atoms with Crippen LogP contribution in [0.25, 0.3) is 0 Å². The van der Waals surface area contributed by atoms with Crippen molar-refractivity contribution in [2.75, 3.05) is 26.2 Å². The van der Waals surface area contributed by atoms with E-state index in [9.17, 15) is 0 Å². The Bertz CT molecular complexity index is 239. The van der Waals surface area contributed by atoms with Crippen LogP contribution in [0.2, 0.25) is 0 Å². The van der Waals surface area contributed by atoms with Gasteiger partial charge in [0.25, 0.3) is 0 Å². The van der Waals surface area contributed by atoms with Crippen molar-refractivity contribution in [1.29, 1.82) is 0 Å². The van der Waals surface area contributed by atoms with Gasteiger partial charge in [0.05, 0.1) is 0 Å². The van der Waals surface area contributed by atoms with E-state index in [4.69, 9.17) is 0 Å². The van der Waals surface area contributed by atoms with Gasteiger partial charge in [-0.05, 0) is 33.6 Å². The van der Waals surface area contributed by atoms with Crippen LogP contribution in [-0.2, 0) is 0 Å². The molecule has 0 aromatic carbocycles. The first-order chi connectivity index (χ1) is 8.92. The van der Waals surface area contributed by atoms with Gasteiger partial charge in [0.1, 0.15) is 0 Å². The van der Waals surface area contributed by atoms with Gasteiger partial charge >= 0.3 is 0 Å². The molecule has 0 aromatic heterocycles. The van der Waals surface area contributed by atoms with Gasteiger partial charge in [-0.25, -0.2) is 0 Å². The normalized spacial score (nSPS) is 12.9. The van der Waals surface area contributed by atoms with Gasteiger partial charge in [-0.15, -0.1) is 0 Å². The Morgan fingerprint density at radius 2 is 1.63 bits per heavy atom. The van der Waals surface area contributed by atoms with Crippen LogP contribution < -0.4 is 16.0 Å². The highest BCUT2D eigenvalue weighted by Gasteiger charge is 2.07. The number of guanidine groups is 1. The number of rotatable bonds is 8. The van der Waals surface area contributed by atoms with Gasteiger partial charge in [-0.3, -0.25) is 4.99 Å². The van der Waals surface area contributed by atoms with E-state index in [1.807, 2.05) is 0 Å². The van der Waals surface area contributed by atoms with E-state index in [0.29, 0.717) is 5.92 Å². The van der Waals surface area contributed by atoms with Gasteiger partial charge in [-0.1, -0.05) is 26.7 Å². The van der Waals surface area contributed by atoms with Crippen molar-refractivity contribution >= 4 is 5.96 Å². The first kappa shape index (κ1) is 18.2. The minimum atomic E-state index is 0.173. The number of hydrogen-bond acceptors (Lipinski definition) is 2. The molecule has 0 aliphatic heterocycles. The first-order valence-corrected chi connectivity index (χ1v) is 7.70. The van der Waals surface area contributed by atoms with Crippen molar-refractivity contribution in [2.24, 2.45) is 10.9 Å². The molecule has 0 aliphatic carbocycles. The summed E-state index contributed by atoms with van der Waals surface area (Å²) in [5.41, 5.74) is 0.173. The molecule has 0 rings (SSSR count). The number of nitrogens with one attached hydrogen (secondary N) is 3. The zero-order valence-electron chi connectivity index (χ0n) is 13.8. The second-order valence-electron chi connectivity index (χ2n) is 6.01. The second-order valence-corrected chi connectivity index (χ2v) is 6.01. The first-order valence-electron chi connectivity index (χ1n) is 7.70. The van der Waals surface area contributed by atoms with Crippen LogP contribution in [0.15, 0.2) is 4.99 Å². The average molecular weight is 270 g/mol. The summed E-state index contributed by atoms with van der Waals surface area (Å²) in [6, 6.07) is 0. The Labute approximate surface area is 119 Å². The Morgan fingerprint density at radius 1 is 1.00 bits per heavy atom. The fraction of sp³-hybridized carbons (Fsp3) is 0.933. The standard InChI is InChI=1S/C15H34N4/c1-7-13(8-2)12-18-14(16-9-3)17-10-11-19-15(4,5)6/h13,19H,7-12H2,1-6H3,(H2,16,17,18). The third-order valence-electron chi connectivity index (χ3n) is 3.08. The highest BCUT2D eigenvalue weighted by atomic mass is 15.2. The molecule has 0 atom stereocenters. The summed E-state index contributed by atoms with van der Waals surface area (Å²) in [5.74, 6) is 1.63. The number of hydrogen-bond donors (Lipinski definition) is 3. The summed E-state index contributed by atoms with van der Waals surface area (Å²) >= 11 is 0. The molecule has 4 nitrogen and oxygen atoms in total. The lowest BCUT2D eigenvalue weighted by Gasteiger charge is -2.21. The van der Waals surface area contributed by atoms with Crippen molar-refractivity contribution in [3.05, 3.63) is 0 Å². The van der Waals surface area contributed by atoms with E-state index < -0.39 is 0 Å². The maximum atomic E-state index is 4.66. The monoisotopic (exact) mass is 270 g/mol. The molecule has 0 heterocycles. The van der Waals surface area contributed by atoms with Crippen LogP contribution in [-0.4, -0.2) is 37.7 Å². The van der Waals surface area contributed by atoms with Crippen LogP contribution in [0, 0.1) is 5.92 Å². The van der Waals surface area contributed by atoms with Crippen LogP contribution >= 0.6 is 0 Å². The van der Waals surface area contributed by atoms with Crippen LogP contribution in [0.4, 0.5) is 0 Å². The smallest absolute Gasteiger partial charge is 0.191 e. The number of nitrogens with zero attached hydrogens (tertiary/aromatic N) is 1. The molecule has 0 spiro atoms. The van der Waals surface area contributed by atoms with E-state index in [2.05, 4.69) is 62.5 Å². The second kappa shape index (κ2) is 10.1. The predicted molar refractivity (Wildman–Crippen MR) is 85.8 cm³/mol. The SMILES string of the molecule is CCNC(=NCC(CC)CC)NCCNC(C)(C)C. The minimum absolute atomic E-state index is 0.173. The zero-order chi connectivity index (χ0) is 14.7. The van der Waals surface area contributed by atoms with Crippen LogP contribution in [0.1, 0.15) is 54.4 Å². The highest BCUT2D eigenvalue weighted by molar-refractivity contribution is 5.79. The topological polar surface area (TPSA) is 48.5 Å². The van der Waals surface area contributed by atoms with Crippen molar-refractivity contribution in [2.45, 2.75) is 59.9 Å². The molecular formula is C15H34N4. The maximum absolute atomic E-state index is 4.66. The predicted octanol–water partition coefficient (Wildman–Crippen LogP) is 2.37. The summed E-state index contributed by atoms with van der Waals surface area (Å²) in [5, 5.41) is 10.1. The molecule has 114 valence electrons. The van der Waals surface area contributed by atoms with Gasteiger partial charge in [0.15, 0.2) is 5.96 Å². The van der Waals surface area contributed by atoms with E-state index in [-0.39, 0.29) is 5.54 Å². The lowest BCUT2D eigenvalue weighted by atomic mass is 10.0.